The first kappa shape index (κ1) is 13.6. The maximum atomic E-state index is 12.5. The van der Waals surface area contributed by atoms with Gasteiger partial charge in [-0.3, -0.25) is 4.79 Å². The molecule has 2 rings (SSSR count). The lowest BCUT2D eigenvalue weighted by Crippen LogP contribution is -2.48. The Morgan fingerprint density at radius 1 is 1.39 bits per heavy atom. The second kappa shape index (κ2) is 5.05. The number of ether oxygens (including phenoxy) is 1. The molecule has 0 aromatic rings. The Morgan fingerprint density at radius 3 is 2.56 bits per heavy atom. The van der Waals surface area contributed by atoms with Crippen LogP contribution in [0.3, 0.4) is 0 Å². The number of rotatable bonds is 4. The van der Waals surface area contributed by atoms with Gasteiger partial charge in [0.05, 0.1) is 19.1 Å². The van der Waals surface area contributed by atoms with Gasteiger partial charge < -0.3 is 15.0 Å². The van der Waals surface area contributed by atoms with E-state index in [9.17, 15) is 18.0 Å². The van der Waals surface area contributed by atoms with Crippen molar-refractivity contribution in [3.05, 3.63) is 0 Å². The lowest BCUT2D eigenvalue weighted by atomic mass is 10.0. The van der Waals surface area contributed by atoms with Crippen molar-refractivity contribution in [2.75, 3.05) is 26.8 Å². The molecule has 4 nitrogen and oxygen atoms in total. The maximum Gasteiger partial charge on any atom is 0.406 e. The van der Waals surface area contributed by atoms with Crippen LogP contribution in [0, 0.1) is 5.92 Å². The van der Waals surface area contributed by atoms with Gasteiger partial charge in [-0.05, 0) is 19.9 Å². The molecule has 2 unspecified atom stereocenters. The molecule has 18 heavy (non-hydrogen) atoms. The molecule has 2 aliphatic rings. The summed E-state index contributed by atoms with van der Waals surface area (Å²) in [5.74, 6) is -0.940. The van der Waals surface area contributed by atoms with E-state index in [0.717, 1.165) is 4.90 Å². The molecule has 0 radical (unpaired) electrons. The molecule has 1 saturated heterocycles. The summed E-state index contributed by atoms with van der Waals surface area (Å²) in [6.07, 6.45) is -3.01. The maximum absolute atomic E-state index is 12.5. The van der Waals surface area contributed by atoms with E-state index in [2.05, 4.69) is 5.32 Å². The molecule has 2 atom stereocenters. The molecule has 2 fully saturated rings. The molecule has 1 heterocycles. The van der Waals surface area contributed by atoms with E-state index in [0.29, 0.717) is 19.4 Å². The van der Waals surface area contributed by atoms with Crippen molar-refractivity contribution in [2.24, 2.45) is 5.92 Å². The SMILES string of the molecule is CNC1COCC1C(=O)N(CC(F)(F)F)C1CC1. The summed E-state index contributed by atoms with van der Waals surface area (Å²) in [6.45, 7) is -0.577. The Bertz CT molecular complexity index is 318. The lowest BCUT2D eigenvalue weighted by molar-refractivity contribution is -0.165. The zero-order chi connectivity index (χ0) is 13.3. The van der Waals surface area contributed by atoms with Gasteiger partial charge in [-0.25, -0.2) is 0 Å². The highest BCUT2D eigenvalue weighted by molar-refractivity contribution is 5.80. The second-order valence-electron chi connectivity index (χ2n) is 4.85. The molecular formula is C11H17F3N2O2. The highest BCUT2D eigenvalue weighted by atomic mass is 19.4. The second-order valence-corrected chi connectivity index (χ2v) is 4.85. The van der Waals surface area contributed by atoms with Crippen LogP contribution in [0.1, 0.15) is 12.8 Å². The number of hydrogen-bond donors (Lipinski definition) is 1. The van der Waals surface area contributed by atoms with Crippen molar-refractivity contribution in [3.8, 4) is 0 Å². The van der Waals surface area contributed by atoms with Crippen LogP contribution < -0.4 is 5.32 Å². The predicted octanol–water partition coefficient (Wildman–Crippen LogP) is 0.774. The van der Waals surface area contributed by atoms with E-state index in [1.165, 1.54) is 0 Å². The molecule has 104 valence electrons. The van der Waals surface area contributed by atoms with Crippen molar-refractivity contribution in [3.63, 3.8) is 0 Å². The average Bonchev–Trinajstić information content (AvgIpc) is 3.01. The minimum Gasteiger partial charge on any atom is -0.379 e. The van der Waals surface area contributed by atoms with E-state index >= 15 is 0 Å². The van der Waals surface area contributed by atoms with Crippen LogP contribution >= 0.6 is 0 Å². The molecule has 0 bridgehead atoms. The van der Waals surface area contributed by atoms with Gasteiger partial charge >= 0.3 is 6.18 Å². The van der Waals surface area contributed by atoms with E-state index in [-0.39, 0.29) is 18.7 Å². The van der Waals surface area contributed by atoms with Crippen molar-refractivity contribution in [1.29, 1.82) is 0 Å². The summed E-state index contributed by atoms with van der Waals surface area (Å²) in [4.78, 5) is 13.2. The molecule has 1 amide bonds. The molecule has 0 spiro atoms. The van der Waals surface area contributed by atoms with Crippen LogP contribution in [-0.2, 0) is 9.53 Å². The fraction of sp³-hybridized carbons (Fsp3) is 0.909. The minimum atomic E-state index is -4.34. The number of halogens is 3. The van der Waals surface area contributed by atoms with Gasteiger partial charge in [0.25, 0.3) is 0 Å². The fourth-order valence-corrected chi connectivity index (χ4v) is 2.26. The summed E-state index contributed by atoms with van der Waals surface area (Å²) in [5, 5.41) is 2.92. The molecule has 1 saturated carbocycles. The summed E-state index contributed by atoms with van der Waals surface area (Å²) in [6, 6.07) is -0.427. The van der Waals surface area contributed by atoms with Gasteiger partial charge in [-0.15, -0.1) is 0 Å². The van der Waals surface area contributed by atoms with Crippen LogP contribution in [0.15, 0.2) is 0 Å². The van der Waals surface area contributed by atoms with Gasteiger partial charge in [-0.2, -0.15) is 13.2 Å². The highest BCUT2D eigenvalue weighted by Gasteiger charge is 2.45. The molecular weight excluding hydrogens is 249 g/mol. The van der Waals surface area contributed by atoms with E-state index in [1.807, 2.05) is 0 Å². The third-order valence-electron chi connectivity index (χ3n) is 3.39. The monoisotopic (exact) mass is 266 g/mol. The van der Waals surface area contributed by atoms with E-state index < -0.39 is 24.5 Å². The molecule has 0 aromatic carbocycles. The van der Waals surface area contributed by atoms with Crippen LogP contribution in [0.4, 0.5) is 13.2 Å². The number of nitrogens with one attached hydrogen (secondary N) is 1. The quantitative estimate of drug-likeness (QED) is 0.817. The first-order chi connectivity index (χ1) is 8.42. The fourth-order valence-electron chi connectivity index (χ4n) is 2.26. The molecule has 1 aliphatic carbocycles. The third kappa shape index (κ3) is 3.14. The first-order valence-corrected chi connectivity index (χ1v) is 6.04. The number of amides is 1. The number of hydrogen-bond acceptors (Lipinski definition) is 3. The Hall–Kier alpha value is -0.820. The van der Waals surface area contributed by atoms with E-state index in [4.69, 9.17) is 4.74 Å². The summed E-state index contributed by atoms with van der Waals surface area (Å²) >= 11 is 0. The van der Waals surface area contributed by atoms with Crippen LogP contribution in [0.25, 0.3) is 0 Å². The number of carbonyl (C=O) groups is 1. The lowest BCUT2D eigenvalue weighted by Gasteiger charge is -2.28. The Kier molecular flexibility index (Phi) is 3.82. The minimum absolute atomic E-state index is 0.188. The topological polar surface area (TPSA) is 41.6 Å². The first-order valence-electron chi connectivity index (χ1n) is 6.04. The highest BCUT2D eigenvalue weighted by Crippen LogP contribution is 2.32. The van der Waals surface area contributed by atoms with Crippen molar-refractivity contribution >= 4 is 5.91 Å². The predicted molar refractivity (Wildman–Crippen MR) is 57.9 cm³/mol. The van der Waals surface area contributed by atoms with Crippen LogP contribution in [0.5, 0.6) is 0 Å². The van der Waals surface area contributed by atoms with Gasteiger partial charge in [-0.1, -0.05) is 0 Å². The zero-order valence-corrected chi connectivity index (χ0v) is 10.2. The average molecular weight is 266 g/mol. The van der Waals surface area contributed by atoms with Crippen molar-refractivity contribution < 1.29 is 22.7 Å². The van der Waals surface area contributed by atoms with Gasteiger partial charge in [0.2, 0.25) is 5.91 Å². The Morgan fingerprint density at radius 2 is 2.06 bits per heavy atom. The van der Waals surface area contributed by atoms with Gasteiger partial charge in [0.1, 0.15) is 6.54 Å². The molecule has 1 N–H and O–H groups in total. The van der Waals surface area contributed by atoms with Gasteiger partial charge in [0, 0.05) is 12.1 Å². The number of alkyl halides is 3. The van der Waals surface area contributed by atoms with Gasteiger partial charge in [0.15, 0.2) is 0 Å². The van der Waals surface area contributed by atoms with Crippen molar-refractivity contribution in [1.82, 2.24) is 10.2 Å². The summed E-state index contributed by atoms with van der Waals surface area (Å²) < 4.78 is 42.6. The smallest absolute Gasteiger partial charge is 0.379 e. The molecule has 0 aromatic heterocycles. The Balaban J connectivity index is 2.03. The van der Waals surface area contributed by atoms with Crippen molar-refractivity contribution in [2.45, 2.75) is 31.1 Å². The largest absolute Gasteiger partial charge is 0.406 e. The number of carbonyl (C=O) groups excluding carboxylic acids is 1. The number of likely N-dealkylation sites (N-methyl/N-ethyl adjacent to an activating group) is 1. The normalized spacial score (nSPS) is 28.4. The summed E-state index contributed by atoms with van der Waals surface area (Å²) in [7, 11) is 1.69. The zero-order valence-electron chi connectivity index (χ0n) is 10.2. The van der Waals surface area contributed by atoms with Crippen LogP contribution in [-0.4, -0.2) is 55.9 Å². The standard InChI is InChI=1S/C11H17F3N2O2/c1-15-9-5-18-4-8(9)10(17)16(7-2-3-7)6-11(12,13)14/h7-9,15H,2-6H2,1H3. The van der Waals surface area contributed by atoms with E-state index in [1.54, 1.807) is 7.05 Å². The number of nitrogens with zero attached hydrogens (tertiary/aromatic N) is 1. The third-order valence-corrected chi connectivity index (χ3v) is 3.39. The van der Waals surface area contributed by atoms with Crippen LogP contribution in [0.2, 0.25) is 0 Å². The molecule has 1 aliphatic heterocycles. The Labute approximate surface area is 103 Å². The summed E-state index contributed by atoms with van der Waals surface area (Å²) in [5.41, 5.74) is 0. The molecule has 7 heteroatoms.